The molecule has 0 aliphatic carbocycles. The molecule has 0 aromatic carbocycles. The van der Waals surface area contributed by atoms with Gasteiger partial charge in [-0.3, -0.25) is 0 Å². The Kier molecular flexibility index (Phi) is 4.59. The number of nitrogens with zero attached hydrogens (tertiary/aromatic N) is 7. The van der Waals surface area contributed by atoms with Gasteiger partial charge in [0.2, 0.25) is 5.89 Å². The summed E-state index contributed by atoms with van der Waals surface area (Å²) in [4.78, 5) is 2.00. The van der Waals surface area contributed by atoms with Gasteiger partial charge >= 0.3 is 6.01 Å². The molecule has 0 radical (unpaired) electrons. The Balaban J connectivity index is 1.71. The van der Waals surface area contributed by atoms with Gasteiger partial charge in [0.1, 0.15) is 6.10 Å². The van der Waals surface area contributed by atoms with E-state index in [4.69, 9.17) is 13.9 Å². The van der Waals surface area contributed by atoms with Gasteiger partial charge in [-0.25, -0.2) is 4.68 Å². The van der Waals surface area contributed by atoms with Crippen LogP contribution in [0.2, 0.25) is 0 Å². The molecule has 1 unspecified atom stereocenters. The molecule has 0 bridgehead atoms. The zero-order chi connectivity index (χ0) is 15.4. The molecule has 10 nitrogen and oxygen atoms in total. The summed E-state index contributed by atoms with van der Waals surface area (Å²) in [5.41, 5.74) is 0. The quantitative estimate of drug-likeness (QED) is 0.719. The SMILES string of the molecule is CCc1nnc(N2CCOC(c3nnnn3CCOC)C2)o1. The Morgan fingerprint density at radius 1 is 1.32 bits per heavy atom. The second-order valence-corrected chi connectivity index (χ2v) is 4.89. The average molecular weight is 309 g/mol. The van der Waals surface area contributed by atoms with Crippen molar-refractivity contribution in [1.82, 2.24) is 30.4 Å². The first kappa shape index (κ1) is 14.9. The van der Waals surface area contributed by atoms with E-state index >= 15 is 0 Å². The first-order valence-corrected chi connectivity index (χ1v) is 7.25. The van der Waals surface area contributed by atoms with Gasteiger partial charge in [-0.05, 0) is 10.4 Å². The monoisotopic (exact) mass is 309 g/mol. The number of hydrogen-bond donors (Lipinski definition) is 0. The Labute approximate surface area is 127 Å². The van der Waals surface area contributed by atoms with Crippen molar-refractivity contribution in [3.05, 3.63) is 11.7 Å². The number of anilines is 1. The molecule has 2 aromatic rings. The molecule has 1 aliphatic rings. The lowest BCUT2D eigenvalue weighted by Crippen LogP contribution is -2.39. The summed E-state index contributed by atoms with van der Waals surface area (Å²) >= 11 is 0. The van der Waals surface area contributed by atoms with E-state index < -0.39 is 0 Å². The summed E-state index contributed by atoms with van der Waals surface area (Å²) in [6, 6.07) is 0.515. The number of aryl methyl sites for hydroxylation is 1. The van der Waals surface area contributed by atoms with E-state index in [1.54, 1.807) is 11.8 Å². The zero-order valence-corrected chi connectivity index (χ0v) is 12.7. The highest BCUT2D eigenvalue weighted by Crippen LogP contribution is 2.23. The summed E-state index contributed by atoms with van der Waals surface area (Å²) in [6.45, 7) is 4.91. The van der Waals surface area contributed by atoms with E-state index in [2.05, 4.69) is 25.7 Å². The smallest absolute Gasteiger partial charge is 0.318 e. The largest absolute Gasteiger partial charge is 0.408 e. The van der Waals surface area contributed by atoms with Gasteiger partial charge in [-0.1, -0.05) is 12.0 Å². The Morgan fingerprint density at radius 3 is 3.00 bits per heavy atom. The minimum Gasteiger partial charge on any atom is -0.408 e. The van der Waals surface area contributed by atoms with Crippen LogP contribution in [0.15, 0.2) is 4.42 Å². The summed E-state index contributed by atoms with van der Waals surface area (Å²) in [5.74, 6) is 1.31. The van der Waals surface area contributed by atoms with Crippen LogP contribution in [0.3, 0.4) is 0 Å². The second-order valence-electron chi connectivity index (χ2n) is 4.89. The molecule has 0 amide bonds. The minimum absolute atomic E-state index is 0.238. The molecular weight excluding hydrogens is 290 g/mol. The van der Waals surface area contributed by atoms with E-state index in [9.17, 15) is 0 Å². The number of methoxy groups -OCH3 is 1. The minimum atomic E-state index is -0.238. The van der Waals surface area contributed by atoms with Gasteiger partial charge in [0.15, 0.2) is 5.82 Å². The topological polar surface area (TPSA) is 104 Å². The van der Waals surface area contributed by atoms with Crippen LogP contribution in [0.1, 0.15) is 24.7 Å². The molecule has 1 atom stereocenters. The highest BCUT2D eigenvalue weighted by Gasteiger charge is 2.29. The number of ether oxygens (including phenoxy) is 2. The number of tetrazole rings is 1. The number of aromatic nitrogens is 6. The summed E-state index contributed by atoms with van der Waals surface area (Å²) in [6.07, 6.45) is 0.480. The van der Waals surface area contributed by atoms with Crippen molar-refractivity contribution in [3.63, 3.8) is 0 Å². The van der Waals surface area contributed by atoms with Crippen LogP contribution in [0, 0.1) is 0 Å². The first-order valence-electron chi connectivity index (χ1n) is 7.25. The molecule has 3 heterocycles. The van der Waals surface area contributed by atoms with E-state index in [1.807, 2.05) is 11.8 Å². The van der Waals surface area contributed by atoms with E-state index in [0.717, 1.165) is 6.42 Å². The summed E-state index contributed by atoms with van der Waals surface area (Å²) < 4.78 is 18.2. The van der Waals surface area contributed by atoms with Gasteiger partial charge in [-0.2, -0.15) is 0 Å². The summed E-state index contributed by atoms with van der Waals surface area (Å²) in [7, 11) is 1.64. The standard InChI is InChI=1S/C12H19N7O3/c1-3-10-13-15-12(22-10)18-4-7-21-9(8-18)11-14-16-17-19(11)5-6-20-2/h9H,3-8H2,1-2H3. The van der Waals surface area contributed by atoms with Crippen LogP contribution in [0.4, 0.5) is 6.01 Å². The molecule has 2 aromatic heterocycles. The third kappa shape index (κ3) is 3.07. The fourth-order valence-electron chi connectivity index (χ4n) is 2.27. The molecule has 120 valence electrons. The van der Waals surface area contributed by atoms with E-state index in [0.29, 0.717) is 50.6 Å². The zero-order valence-electron chi connectivity index (χ0n) is 12.7. The van der Waals surface area contributed by atoms with Crippen molar-refractivity contribution in [2.24, 2.45) is 0 Å². The maximum absolute atomic E-state index is 5.79. The highest BCUT2D eigenvalue weighted by molar-refractivity contribution is 5.26. The predicted molar refractivity (Wildman–Crippen MR) is 74.3 cm³/mol. The van der Waals surface area contributed by atoms with Gasteiger partial charge in [0.25, 0.3) is 0 Å². The third-order valence-electron chi connectivity index (χ3n) is 3.45. The van der Waals surface area contributed by atoms with Crippen LogP contribution < -0.4 is 4.90 Å². The molecule has 3 rings (SSSR count). The molecule has 0 N–H and O–H groups in total. The Hall–Kier alpha value is -2.07. The summed E-state index contributed by atoms with van der Waals surface area (Å²) in [5, 5.41) is 19.8. The van der Waals surface area contributed by atoms with Crippen LogP contribution in [0.5, 0.6) is 0 Å². The molecular formula is C12H19N7O3. The first-order chi connectivity index (χ1) is 10.8. The Morgan fingerprint density at radius 2 is 2.23 bits per heavy atom. The molecule has 0 saturated carbocycles. The highest BCUT2D eigenvalue weighted by atomic mass is 16.5. The fourth-order valence-corrected chi connectivity index (χ4v) is 2.27. The maximum Gasteiger partial charge on any atom is 0.318 e. The van der Waals surface area contributed by atoms with Crippen molar-refractivity contribution >= 4 is 6.01 Å². The lowest BCUT2D eigenvalue weighted by molar-refractivity contribution is 0.0283. The van der Waals surface area contributed by atoms with Gasteiger partial charge < -0.3 is 18.8 Å². The van der Waals surface area contributed by atoms with Gasteiger partial charge in [0.05, 0.1) is 26.3 Å². The molecule has 1 fully saturated rings. The molecule has 0 spiro atoms. The molecule has 1 saturated heterocycles. The average Bonchev–Trinajstić information content (AvgIpc) is 3.22. The molecule has 1 aliphatic heterocycles. The Bertz CT molecular complexity index is 599. The van der Waals surface area contributed by atoms with Crippen LogP contribution in [0.25, 0.3) is 0 Å². The molecule has 10 heteroatoms. The lowest BCUT2D eigenvalue weighted by Gasteiger charge is -2.30. The van der Waals surface area contributed by atoms with Crippen molar-refractivity contribution in [1.29, 1.82) is 0 Å². The van der Waals surface area contributed by atoms with Crippen molar-refractivity contribution in [3.8, 4) is 0 Å². The lowest BCUT2D eigenvalue weighted by atomic mass is 10.2. The van der Waals surface area contributed by atoms with E-state index in [-0.39, 0.29) is 6.10 Å². The maximum atomic E-state index is 5.79. The number of hydrogen-bond acceptors (Lipinski definition) is 9. The van der Waals surface area contributed by atoms with Crippen LogP contribution in [-0.2, 0) is 22.4 Å². The number of morpholine rings is 1. The number of rotatable bonds is 6. The predicted octanol–water partition coefficient (Wildman–Crippen LogP) is -0.157. The third-order valence-corrected chi connectivity index (χ3v) is 3.45. The van der Waals surface area contributed by atoms with Crippen molar-refractivity contribution < 1.29 is 13.9 Å². The van der Waals surface area contributed by atoms with E-state index in [1.165, 1.54) is 0 Å². The van der Waals surface area contributed by atoms with Crippen molar-refractivity contribution in [2.45, 2.75) is 26.0 Å². The molecule has 22 heavy (non-hydrogen) atoms. The van der Waals surface area contributed by atoms with Gasteiger partial charge in [-0.15, -0.1) is 10.2 Å². The second kappa shape index (κ2) is 6.79. The van der Waals surface area contributed by atoms with Gasteiger partial charge in [0, 0.05) is 20.1 Å². The van der Waals surface area contributed by atoms with Crippen LogP contribution >= 0.6 is 0 Å². The van der Waals surface area contributed by atoms with Crippen LogP contribution in [-0.4, -0.2) is 63.8 Å². The van der Waals surface area contributed by atoms with Crippen molar-refractivity contribution in [2.75, 3.05) is 38.3 Å². The normalized spacial score (nSPS) is 18.8. The fraction of sp³-hybridized carbons (Fsp3) is 0.750.